The first-order valence-corrected chi connectivity index (χ1v) is 7.16. The fourth-order valence-electron chi connectivity index (χ4n) is 2.87. The number of halogens is 2. The summed E-state index contributed by atoms with van der Waals surface area (Å²) < 4.78 is 2.00. The molecule has 0 amide bonds. The molecule has 2 aromatic rings. The van der Waals surface area contributed by atoms with Crippen LogP contribution in [-0.4, -0.2) is 40.5 Å². The first-order valence-electron chi connectivity index (χ1n) is 6.78. The minimum Gasteiger partial charge on any atom is -0.318 e. The van der Waals surface area contributed by atoms with E-state index in [1.54, 1.807) is 0 Å². The number of hydrogen-bond acceptors (Lipinski definition) is 3. The van der Waals surface area contributed by atoms with E-state index in [-0.39, 0.29) is 12.4 Å². The molecule has 3 rings (SSSR count). The summed E-state index contributed by atoms with van der Waals surface area (Å²) in [7, 11) is 2.02. The summed E-state index contributed by atoms with van der Waals surface area (Å²) in [4.78, 5) is 7.17. The molecule has 1 atom stereocenters. The molecule has 0 radical (unpaired) electrons. The van der Waals surface area contributed by atoms with Crippen LogP contribution in [0.25, 0.3) is 5.65 Å². The third kappa shape index (κ3) is 3.26. The molecule has 1 aliphatic heterocycles. The van der Waals surface area contributed by atoms with Crippen molar-refractivity contribution in [1.29, 1.82) is 0 Å². The van der Waals surface area contributed by atoms with E-state index in [2.05, 4.69) is 21.4 Å². The van der Waals surface area contributed by atoms with Gasteiger partial charge in [-0.1, -0.05) is 11.6 Å². The topological polar surface area (TPSA) is 32.6 Å². The molecule has 20 heavy (non-hydrogen) atoms. The van der Waals surface area contributed by atoms with Crippen LogP contribution in [0.4, 0.5) is 0 Å². The molecule has 0 spiro atoms. The Balaban J connectivity index is 0.00000147. The number of likely N-dealkylation sites (N-methyl/N-ethyl adjacent to an activating group) is 1. The van der Waals surface area contributed by atoms with Crippen molar-refractivity contribution >= 4 is 29.7 Å². The highest BCUT2D eigenvalue weighted by atomic mass is 35.5. The van der Waals surface area contributed by atoms with Crippen LogP contribution in [0.5, 0.6) is 0 Å². The Bertz CT molecular complexity index is 569. The van der Waals surface area contributed by atoms with Gasteiger partial charge in [-0.25, -0.2) is 4.98 Å². The lowest BCUT2D eigenvalue weighted by Gasteiger charge is -2.23. The summed E-state index contributed by atoms with van der Waals surface area (Å²) in [5.41, 5.74) is 2.08. The number of likely N-dealkylation sites (tertiary alicyclic amines) is 1. The van der Waals surface area contributed by atoms with Gasteiger partial charge >= 0.3 is 0 Å². The van der Waals surface area contributed by atoms with Crippen molar-refractivity contribution in [2.45, 2.75) is 25.4 Å². The van der Waals surface area contributed by atoms with Crippen molar-refractivity contribution in [3.63, 3.8) is 0 Å². The van der Waals surface area contributed by atoms with Gasteiger partial charge in [0.1, 0.15) is 5.65 Å². The lowest BCUT2D eigenvalue weighted by atomic mass is 10.2. The quantitative estimate of drug-likeness (QED) is 0.941. The number of fused-ring (bicyclic) bond motifs is 1. The van der Waals surface area contributed by atoms with Gasteiger partial charge in [0, 0.05) is 31.5 Å². The van der Waals surface area contributed by atoms with Crippen molar-refractivity contribution < 1.29 is 0 Å². The minimum atomic E-state index is 0. The normalized spacial score (nSPS) is 19.4. The number of hydrogen-bond donors (Lipinski definition) is 1. The van der Waals surface area contributed by atoms with Crippen molar-refractivity contribution in [3.8, 4) is 0 Å². The lowest BCUT2D eigenvalue weighted by molar-refractivity contribution is 0.240. The van der Waals surface area contributed by atoms with Gasteiger partial charge in [-0.2, -0.15) is 0 Å². The Morgan fingerprint density at radius 3 is 3.05 bits per heavy atom. The summed E-state index contributed by atoms with van der Waals surface area (Å²) in [5, 5.41) is 4.02. The van der Waals surface area contributed by atoms with Crippen LogP contribution in [0.2, 0.25) is 5.02 Å². The van der Waals surface area contributed by atoms with E-state index in [4.69, 9.17) is 11.6 Å². The van der Waals surface area contributed by atoms with Crippen LogP contribution in [-0.2, 0) is 6.54 Å². The van der Waals surface area contributed by atoms with E-state index < -0.39 is 0 Å². The van der Waals surface area contributed by atoms with Gasteiger partial charge < -0.3 is 9.72 Å². The van der Waals surface area contributed by atoms with Crippen LogP contribution >= 0.6 is 24.0 Å². The number of pyridine rings is 1. The molecule has 0 aliphatic carbocycles. The Labute approximate surface area is 130 Å². The lowest BCUT2D eigenvalue weighted by Crippen LogP contribution is -2.36. The van der Waals surface area contributed by atoms with Crippen molar-refractivity contribution in [1.82, 2.24) is 19.6 Å². The average Bonchev–Trinajstić information content (AvgIpc) is 2.97. The van der Waals surface area contributed by atoms with Crippen LogP contribution in [0.15, 0.2) is 24.5 Å². The van der Waals surface area contributed by atoms with Crippen molar-refractivity contribution in [2.75, 3.05) is 20.1 Å². The smallest absolute Gasteiger partial charge is 0.137 e. The first kappa shape index (κ1) is 15.6. The Hall–Kier alpha value is -0.810. The van der Waals surface area contributed by atoms with Gasteiger partial charge in [-0.05, 0) is 38.6 Å². The summed E-state index contributed by atoms with van der Waals surface area (Å²) in [5.74, 6) is 0. The van der Waals surface area contributed by atoms with Gasteiger partial charge in [-0.15, -0.1) is 12.4 Å². The zero-order valence-electron chi connectivity index (χ0n) is 11.6. The average molecular weight is 315 g/mol. The van der Waals surface area contributed by atoms with E-state index in [1.165, 1.54) is 19.4 Å². The van der Waals surface area contributed by atoms with Gasteiger partial charge in [0.15, 0.2) is 0 Å². The molecular formula is C14H20Cl2N4. The fourth-order valence-corrected chi connectivity index (χ4v) is 3.04. The third-order valence-electron chi connectivity index (χ3n) is 3.77. The molecular weight excluding hydrogens is 295 g/mol. The highest BCUT2D eigenvalue weighted by molar-refractivity contribution is 6.30. The van der Waals surface area contributed by atoms with E-state index in [1.807, 2.05) is 29.8 Å². The van der Waals surface area contributed by atoms with Crippen molar-refractivity contribution in [3.05, 3.63) is 35.2 Å². The highest BCUT2D eigenvalue weighted by Crippen LogP contribution is 2.20. The predicted molar refractivity (Wildman–Crippen MR) is 84.8 cm³/mol. The summed E-state index contributed by atoms with van der Waals surface area (Å²) in [6.45, 7) is 3.14. The second-order valence-electron chi connectivity index (χ2n) is 5.17. The monoisotopic (exact) mass is 314 g/mol. The number of imidazole rings is 1. The van der Waals surface area contributed by atoms with E-state index in [0.717, 1.165) is 29.5 Å². The van der Waals surface area contributed by atoms with Crippen LogP contribution in [0.1, 0.15) is 18.5 Å². The van der Waals surface area contributed by atoms with Crippen LogP contribution in [0.3, 0.4) is 0 Å². The molecule has 1 N–H and O–H groups in total. The molecule has 6 heteroatoms. The summed E-state index contributed by atoms with van der Waals surface area (Å²) >= 11 is 6.00. The molecule has 0 aromatic carbocycles. The molecule has 1 saturated heterocycles. The van der Waals surface area contributed by atoms with E-state index in [9.17, 15) is 0 Å². The molecule has 1 unspecified atom stereocenters. The van der Waals surface area contributed by atoms with Gasteiger partial charge in [0.05, 0.1) is 10.7 Å². The predicted octanol–water partition coefficient (Wildman–Crippen LogP) is 2.59. The van der Waals surface area contributed by atoms with E-state index in [0.29, 0.717) is 6.04 Å². The minimum absolute atomic E-state index is 0. The maximum atomic E-state index is 6.00. The fraction of sp³-hybridized carbons (Fsp3) is 0.500. The number of rotatable bonds is 4. The second kappa shape index (κ2) is 6.76. The molecule has 110 valence electrons. The molecule has 1 fully saturated rings. The molecule has 0 saturated carbocycles. The Kier molecular flexibility index (Phi) is 5.27. The third-order valence-corrected chi connectivity index (χ3v) is 3.99. The zero-order chi connectivity index (χ0) is 13.2. The number of nitrogens with one attached hydrogen (secondary N) is 1. The number of aromatic nitrogens is 2. The summed E-state index contributed by atoms with van der Waals surface area (Å²) in [6.07, 6.45) is 6.55. The van der Waals surface area contributed by atoms with Gasteiger partial charge in [0.2, 0.25) is 0 Å². The second-order valence-corrected chi connectivity index (χ2v) is 5.61. The molecule has 0 bridgehead atoms. The van der Waals surface area contributed by atoms with Crippen LogP contribution in [0, 0.1) is 0 Å². The zero-order valence-corrected chi connectivity index (χ0v) is 13.1. The van der Waals surface area contributed by atoms with Crippen LogP contribution < -0.4 is 5.32 Å². The highest BCUT2D eigenvalue weighted by Gasteiger charge is 2.24. The molecule has 1 aliphatic rings. The van der Waals surface area contributed by atoms with E-state index >= 15 is 0 Å². The van der Waals surface area contributed by atoms with Gasteiger partial charge in [0.25, 0.3) is 0 Å². The number of nitrogens with zero attached hydrogens (tertiary/aromatic N) is 3. The SMILES string of the molecule is CNCC1CCCN1Cc1cn2cc(Cl)ccc2n1.Cl. The standard InChI is InChI=1S/C14H19ClN4.ClH/c1-16-7-13-3-2-6-18(13)9-12-10-19-8-11(15)4-5-14(19)17-12;/h4-5,8,10,13,16H,2-3,6-7,9H2,1H3;1H. The van der Waals surface area contributed by atoms with Crippen molar-refractivity contribution in [2.24, 2.45) is 0 Å². The first-order chi connectivity index (χ1) is 9.26. The molecule has 4 nitrogen and oxygen atoms in total. The van der Waals surface area contributed by atoms with Gasteiger partial charge in [-0.3, -0.25) is 4.90 Å². The maximum absolute atomic E-state index is 6.00. The Morgan fingerprint density at radius 1 is 1.40 bits per heavy atom. The Morgan fingerprint density at radius 2 is 2.25 bits per heavy atom. The largest absolute Gasteiger partial charge is 0.318 e. The maximum Gasteiger partial charge on any atom is 0.137 e. The summed E-state index contributed by atoms with van der Waals surface area (Å²) in [6, 6.07) is 4.48. The molecule has 3 heterocycles. The molecule has 2 aromatic heterocycles.